The standard InChI is InChI=1S/C27H29NO5/c1-20(33-26(29)16-23-14-15-24(31-2)17-25(23)32-3)27(30)28(18-21-10-6-4-7-11-21)19-22-12-8-5-9-13-22/h4-15,17,20H,16,18-19H2,1-3H3/t20-/m0/s1. The van der Waals surface area contributed by atoms with Crippen LogP contribution in [0.4, 0.5) is 0 Å². The molecule has 0 aliphatic carbocycles. The molecule has 0 heterocycles. The van der Waals surface area contributed by atoms with E-state index in [9.17, 15) is 9.59 Å². The van der Waals surface area contributed by atoms with Gasteiger partial charge in [-0.2, -0.15) is 0 Å². The van der Waals surface area contributed by atoms with Gasteiger partial charge in [0.2, 0.25) is 0 Å². The molecule has 0 saturated heterocycles. The fourth-order valence-electron chi connectivity index (χ4n) is 3.52. The third-order valence-electron chi connectivity index (χ3n) is 5.23. The number of esters is 1. The summed E-state index contributed by atoms with van der Waals surface area (Å²) < 4.78 is 16.1. The Morgan fingerprint density at radius 3 is 1.91 bits per heavy atom. The molecule has 0 aliphatic heterocycles. The molecule has 0 saturated carbocycles. The highest BCUT2D eigenvalue weighted by Crippen LogP contribution is 2.25. The smallest absolute Gasteiger partial charge is 0.311 e. The number of ether oxygens (including phenoxy) is 3. The zero-order valence-electron chi connectivity index (χ0n) is 19.2. The van der Waals surface area contributed by atoms with Crippen LogP contribution in [0.1, 0.15) is 23.6 Å². The van der Waals surface area contributed by atoms with Gasteiger partial charge in [0.25, 0.3) is 5.91 Å². The van der Waals surface area contributed by atoms with Crippen molar-refractivity contribution in [3.63, 3.8) is 0 Å². The van der Waals surface area contributed by atoms with Crippen molar-refractivity contribution in [2.24, 2.45) is 0 Å². The van der Waals surface area contributed by atoms with Gasteiger partial charge in [-0.25, -0.2) is 0 Å². The molecule has 0 bridgehead atoms. The molecular weight excluding hydrogens is 418 g/mol. The third-order valence-corrected chi connectivity index (χ3v) is 5.23. The van der Waals surface area contributed by atoms with Crippen LogP contribution in [-0.4, -0.2) is 37.1 Å². The molecule has 6 nitrogen and oxygen atoms in total. The van der Waals surface area contributed by atoms with E-state index in [1.54, 1.807) is 37.1 Å². The molecule has 3 aromatic rings. The lowest BCUT2D eigenvalue weighted by atomic mass is 10.1. The molecule has 6 heteroatoms. The second kappa shape index (κ2) is 11.7. The maximum Gasteiger partial charge on any atom is 0.311 e. The predicted molar refractivity (Wildman–Crippen MR) is 126 cm³/mol. The summed E-state index contributed by atoms with van der Waals surface area (Å²) in [6, 6.07) is 24.7. The fourth-order valence-corrected chi connectivity index (χ4v) is 3.52. The van der Waals surface area contributed by atoms with Gasteiger partial charge >= 0.3 is 5.97 Å². The molecule has 0 N–H and O–H groups in total. The van der Waals surface area contributed by atoms with Crippen LogP contribution < -0.4 is 9.47 Å². The van der Waals surface area contributed by atoms with Crippen molar-refractivity contribution in [2.75, 3.05) is 14.2 Å². The largest absolute Gasteiger partial charge is 0.497 e. The Hall–Kier alpha value is -3.80. The molecule has 172 valence electrons. The average Bonchev–Trinajstić information content (AvgIpc) is 2.84. The Morgan fingerprint density at radius 1 is 0.818 bits per heavy atom. The lowest BCUT2D eigenvalue weighted by Crippen LogP contribution is -2.39. The van der Waals surface area contributed by atoms with E-state index in [2.05, 4.69) is 0 Å². The molecule has 0 radical (unpaired) electrons. The normalized spacial score (nSPS) is 11.4. The van der Waals surface area contributed by atoms with E-state index in [0.29, 0.717) is 30.2 Å². The molecule has 1 atom stereocenters. The van der Waals surface area contributed by atoms with Gasteiger partial charge in [-0.15, -0.1) is 0 Å². The minimum Gasteiger partial charge on any atom is -0.497 e. The molecule has 0 unspecified atom stereocenters. The summed E-state index contributed by atoms with van der Waals surface area (Å²) in [6.45, 7) is 2.44. The zero-order chi connectivity index (χ0) is 23.6. The first-order chi connectivity index (χ1) is 16.0. The number of carbonyl (C=O) groups excluding carboxylic acids is 2. The number of benzene rings is 3. The molecule has 0 fully saturated rings. The molecule has 0 aromatic heterocycles. The summed E-state index contributed by atoms with van der Waals surface area (Å²) in [5.74, 6) is 0.404. The highest BCUT2D eigenvalue weighted by molar-refractivity contribution is 5.84. The number of methoxy groups -OCH3 is 2. The Labute approximate surface area is 194 Å². The summed E-state index contributed by atoms with van der Waals surface area (Å²) in [5, 5.41) is 0. The van der Waals surface area contributed by atoms with E-state index in [1.807, 2.05) is 60.7 Å². The number of nitrogens with zero attached hydrogens (tertiary/aromatic N) is 1. The van der Waals surface area contributed by atoms with Crippen molar-refractivity contribution < 1.29 is 23.8 Å². The molecule has 3 aromatic carbocycles. The van der Waals surface area contributed by atoms with Crippen LogP contribution in [0.2, 0.25) is 0 Å². The van der Waals surface area contributed by atoms with E-state index in [1.165, 1.54) is 7.11 Å². The van der Waals surface area contributed by atoms with Crippen molar-refractivity contribution >= 4 is 11.9 Å². The molecule has 33 heavy (non-hydrogen) atoms. The molecule has 0 aliphatic rings. The number of amides is 1. The molecule has 3 rings (SSSR count). The third kappa shape index (κ3) is 6.84. The van der Waals surface area contributed by atoms with Crippen molar-refractivity contribution in [2.45, 2.75) is 32.5 Å². The van der Waals surface area contributed by atoms with Crippen molar-refractivity contribution in [3.8, 4) is 11.5 Å². The van der Waals surface area contributed by atoms with Gasteiger partial charge < -0.3 is 19.1 Å². The predicted octanol–water partition coefficient (Wildman–Crippen LogP) is 4.41. The minimum absolute atomic E-state index is 0.0117. The number of rotatable bonds is 10. The quantitative estimate of drug-likeness (QED) is 0.431. The Bertz CT molecular complexity index is 1010. The SMILES string of the molecule is COc1ccc(CC(=O)O[C@@H](C)C(=O)N(Cc2ccccc2)Cc2ccccc2)c(OC)c1. The topological polar surface area (TPSA) is 65.1 Å². The maximum absolute atomic E-state index is 13.3. The van der Waals surface area contributed by atoms with E-state index >= 15 is 0 Å². The van der Waals surface area contributed by atoms with Gasteiger partial charge in [-0.05, 0) is 24.1 Å². The monoisotopic (exact) mass is 447 g/mol. The van der Waals surface area contributed by atoms with E-state index < -0.39 is 12.1 Å². The van der Waals surface area contributed by atoms with Crippen molar-refractivity contribution in [1.82, 2.24) is 4.90 Å². The highest BCUT2D eigenvalue weighted by atomic mass is 16.5. The zero-order valence-corrected chi connectivity index (χ0v) is 19.2. The van der Waals surface area contributed by atoms with Crippen LogP contribution >= 0.6 is 0 Å². The van der Waals surface area contributed by atoms with Gasteiger partial charge in [-0.3, -0.25) is 9.59 Å². The average molecular weight is 448 g/mol. The van der Waals surface area contributed by atoms with Crippen LogP contribution in [0.3, 0.4) is 0 Å². The molecule has 1 amide bonds. The van der Waals surface area contributed by atoms with Crippen LogP contribution in [0.25, 0.3) is 0 Å². The highest BCUT2D eigenvalue weighted by Gasteiger charge is 2.25. The summed E-state index contributed by atoms with van der Waals surface area (Å²) in [6.07, 6.45) is -0.934. The number of carbonyl (C=O) groups is 2. The summed E-state index contributed by atoms with van der Waals surface area (Å²) in [5.41, 5.74) is 2.67. The fraction of sp³-hybridized carbons (Fsp3) is 0.259. The first kappa shape index (κ1) is 23.9. The summed E-state index contributed by atoms with van der Waals surface area (Å²) in [4.78, 5) is 27.6. The van der Waals surface area contributed by atoms with Gasteiger partial charge in [0.1, 0.15) is 11.5 Å². The summed E-state index contributed by atoms with van der Waals surface area (Å²) in [7, 11) is 3.09. The molecular formula is C27H29NO5. The second-order valence-corrected chi connectivity index (χ2v) is 7.65. The first-order valence-electron chi connectivity index (χ1n) is 10.8. The second-order valence-electron chi connectivity index (χ2n) is 7.65. The van der Waals surface area contributed by atoms with Crippen LogP contribution in [0.15, 0.2) is 78.9 Å². The number of hydrogen-bond acceptors (Lipinski definition) is 5. The van der Waals surface area contributed by atoms with E-state index in [4.69, 9.17) is 14.2 Å². The Kier molecular flexibility index (Phi) is 8.47. The van der Waals surface area contributed by atoms with Gasteiger partial charge in [-0.1, -0.05) is 66.7 Å². The van der Waals surface area contributed by atoms with E-state index in [-0.39, 0.29) is 12.3 Å². The van der Waals surface area contributed by atoms with Gasteiger partial charge in [0.15, 0.2) is 6.10 Å². The maximum atomic E-state index is 13.3. The summed E-state index contributed by atoms with van der Waals surface area (Å²) >= 11 is 0. The van der Waals surface area contributed by atoms with Gasteiger partial charge in [0.05, 0.1) is 20.6 Å². The molecule has 0 spiro atoms. The van der Waals surface area contributed by atoms with Crippen LogP contribution in [0.5, 0.6) is 11.5 Å². The lowest BCUT2D eigenvalue weighted by Gasteiger charge is -2.26. The van der Waals surface area contributed by atoms with E-state index in [0.717, 1.165) is 11.1 Å². The lowest BCUT2D eigenvalue weighted by molar-refractivity contribution is -0.159. The Balaban J connectivity index is 1.69. The Morgan fingerprint density at radius 2 is 1.39 bits per heavy atom. The van der Waals surface area contributed by atoms with Crippen LogP contribution in [0, 0.1) is 0 Å². The van der Waals surface area contributed by atoms with Crippen molar-refractivity contribution in [3.05, 3.63) is 95.6 Å². The first-order valence-corrected chi connectivity index (χ1v) is 10.8. The van der Waals surface area contributed by atoms with Crippen LogP contribution in [-0.2, 0) is 33.8 Å². The minimum atomic E-state index is -0.922. The number of hydrogen-bond donors (Lipinski definition) is 0. The van der Waals surface area contributed by atoms with Crippen molar-refractivity contribution in [1.29, 1.82) is 0 Å². The van der Waals surface area contributed by atoms with Gasteiger partial charge in [0, 0.05) is 24.7 Å².